The van der Waals surface area contributed by atoms with E-state index in [1.807, 2.05) is 29.2 Å². The van der Waals surface area contributed by atoms with Gasteiger partial charge >= 0.3 is 0 Å². The first-order valence-electron chi connectivity index (χ1n) is 7.91. The van der Waals surface area contributed by atoms with Gasteiger partial charge in [-0.25, -0.2) is 0 Å². The molecule has 1 amide bonds. The van der Waals surface area contributed by atoms with Crippen LogP contribution in [0.4, 0.5) is 0 Å². The fourth-order valence-corrected chi connectivity index (χ4v) is 2.64. The highest BCUT2D eigenvalue weighted by Crippen LogP contribution is 2.26. The molecule has 7 heteroatoms. The minimum Gasteiger partial charge on any atom is -0.497 e. The van der Waals surface area contributed by atoms with Crippen LogP contribution >= 0.6 is 0 Å². The second-order valence-electron chi connectivity index (χ2n) is 5.82. The van der Waals surface area contributed by atoms with Gasteiger partial charge in [-0.15, -0.1) is 0 Å². The summed E-state index contributed by atoms with van der Waals surface area (Å²) in [5.74, 6) is 2.23. The van der Waals surface area contributed by atoms with Crippen LogP contribution in [0, 0.1) is 0 Å². The number of nitrogens with zero attached hydrogens (tertiary/aromatic N) is 3. The lowest BCUT2D eigenvalue weighted by Crippen LogP contribution is -2.49. The Morgan fingerprint density at radius 1 is 1.38 bits per heavy atom. The summed E-state index contributed by atoms with van der Waals surface area (Å²) in [5, 5.41) is 3.93. The van der Waals surface area contributed by atoms with Gasteiger partial charge in [-0.1, -0.05) is 17.3 Å². The van der Waals surface area contributed by atoms with Gasteiger partial charge in [0, 0.05) is 26.6 Å². The normalized spacial score (nSPS) is 14.5. The summed E-state index contributed by atoms with van der Waals surface area (Å²) in [4.78, 5) is 18.5. The molecule has 0 aliphatic carbocycles. The van der Waals surface area contributed by atoms with Crippen molar-refractivity contribution in [3.63, 3.8) is 0 Å². The summed E-state index contributed by atoms with van der Waals surface area (Å²) in [6, 6.07) is 7.57. The summed E-state index contributed by atoms with van der Waals surface area (Å²) in [5.41, 5.74) is 0.947. The van der Waals surface area contributed by atoms with Gasteiger partial charge in [0.1, 0.15) is 5.75 Å². The second kappa shape index (κ2) is 7.44. The maximum atomic E-state index is 12.3. The maximum absolute atomic E-state index is 12.3. The number of hydrogen-bond donors (Lipinski definition) is 0. The fourth-order valence-electron chi connectivity index (χ4n) is 2.64. The average molecular weight is 331 g/mol. The molecule has 1 aromatic carbocycles. The number of carbonyl (C=O) groups excluding carboxylic acids is 1. The molecule has 0 unspecified atom stereocenters. The molecule has 2 heterocycles. The van der Waals surface area contributed by atoms with Crippen molar-refractivity contribution in [2.24, 2.45) is 0 Å². The van der Waals surface area contributed by atoms with E-state index in [0.29, 0.717) is 44.3 Å². The first-order chi connectivity index (χ1) is 11.7. The molecule has 0 N–H and O–H groups in total. The summed E-state index contributed by atoms with van der Waals surface area (Å²) in [7, 11) is 3.25. The van der Waals surface area contributed by atoms with Gasteiger partial charge in [0.15, 0.2) is 5.82 Å². The first kappa shape index (κ1) is 16.4. The molecule has 0 bridgehead atoms. The lowest BCUT2D eigenvalue weighted by molar-refractivity contribution is -0.135. The highest BCUT2D eigenvalue weighted by molar-refractivity contribution is 5.79. The van der Waals surface area contributed by atoms with E-state index < -0.39 is 0 Å². The predicted octanol–water partition coefficient (Wildman–Crippen LogP) is 1.44. The molecule has 1 aliphatic heterocycles. The van der Waals surface area contributed by atoms with Gasteiger partial charge in [0.25, 0.3) is 0 Å². The number of methoxy groups -OCH3 is 2. The van der Waals surface area contributed by atoms with E-state index in [4.69, 9.17) is 14.0 Å². The van der Waals surface area contributed by atoms with E-state index in [1.165, 1.54) is 0 Å². The topological polar surface area (TPSA) is 77.7 Å². The molecule has 1 fully saturated rings. The van der Waals surface area contributed by atoms with Crippen molar-refractivity contribution in [3.8, 4) is 5.75 Å². The Morgan fingerprint density at radius 2 is 2.21 bits per heavy atom. The number of carbonyl (C=O) groups is 1. The van der Waals surface area contributed by atoms with Crippen LogP contribution in [-0.4, -0.2) is 54.9 Å². The van der Waals surface area contributed by atoms with Gasteiger partial charge in [-0.05, 0) is 17.7 Å². The first-order valence-corrected chi connectivity index (χ1v) is 7.91. The van der Waals surface area contributed by atoms with Gasteiger partial charge in [-0.2, -0.15) is 4.98 Å². The van der Waals surface area contributed by atoms with E-state index in [0.717, 1.165) is 11.3 Å². The largest absolute Gasteiger partial charge is 0.497 e. The van der Waals surface area contributed by atoms with Crippen molar-refractivity contribution in [3.05, 3.63) is 41.5 Å². The summed E-state index contributed by atoms with van der Waals surface area (Å²) in [6.45, 7) is 1.80. The Balaban J connectivity index is 1.50. The van der Waals surface area contributed by atoms with E-state index in [-0.39, 0.29) is 11.8 Å². The molecule has 0 spiro atoms. The van der Waals surface area contributed by atoms with Crippen molar-refractivity contribution in [2.75, 3.05) is 33.9 Å². The molecular formula is C17H21N3O4. The summed E-state index contributed by atoms with van der Waals surface area (Å²) < 4.78 is 15.4. The average Bonchev–Trinajstić information content (AvgIpc) is 3.00. The van der Waals surface area contributed by atoms with Crippen molar-refractivity contribution < 1.29 is 18.8 Å². The zero-order valence-electron chi connectivity index (χ0n) is 13.9. The lowest BCUT2D eigenvalue weighted by atomic mass is 9.98. The van der Waals surface area contributed by atoms with Crippen LogP contribution in [0.15, 0.2) is 28.8 Å². The van der Waals surface area contributed by atoms with Crippen LogP contribution in [0.3, 0.4) is 0 Å². The van der Waals surface area contributed by atoms with Gasteiger partial charge in [0.05, 0.1) is 26.1 Å². The summed E-state index contributed by atoms with van der Waals surface area (Å²) in [6.07, 6.45) is 0.998. The van der Waals surface area contributed by atoms with E-state index in [9.17, 15) is 4.79 Å². The molecule has 0 saturated carbocycles. The Labute approximate surface area is 140 Å². The quantitative estimate of drug-likeness (QED) is 0.764. The molecule has 2 aromatic rings. The highest BCUT2D eigenvalue weighted by Gasteiger charge is 2.35. The van der Waals surface area contributed by atoms with Crippen LogP contribution < -0.4 is 4.74 Å². The van der Waals surface area contributed by atoms with Crippen molar-refractivity contribution in [1.29, 1.82) is 0 Å². The van der Waals surface area contributed by atoms with Gasteiger partial charge in [0.2, 0.25) is 11.8 Å². The molecule has 1 saturated heterocycles. The van der Waals surface area contributed by atoms with Crippen LogP contribution in [0.5, 0.6) is 5.75 Å². The number of ether oxygens (including phenoxy) is 2. The molecule has 1 aromatic heterocycles. The van der Waals surface area contributed by atoms with Crippen molar-refractivity contribution in [2.45, 2.75) is 18.8 Å². The number of likely N-dealkylation sites (tertiary alicyclic amines) is 1. The van der Waals surface area contributed by atoms with E-state index >= 15 is 0 Å². The monoisotopic (exact) mass is 331 g/mol. The molecule has 128 valence electrons. The predicted molar refractivity (Wildman–Crippen MR) is 85.9 cm³/mol. The van der Waals surface area contributed by atoms with Crippen LogP contribution in [0.2, 0.25) is 0 Å². The van der Waals surface area contributed by atoms with Crippen molar-refractivity contribution in [1.82, 2.24) is 15.0 Å². The Morgan fingerprint density at radius 3 is 2.96 bits per heavy atom. The molecule has 7 nitrogen and oxygen atoms in total. The third-order valence-electron chi connectivity index (χ3n) is 4.09. The van der Waals surface area contributed by atoms with E-state index in [2.05, 4.69) is 10.1 Å². The standard InChI is InChI=1S/C17H21N3O4/c1-22-7-6-15-18-17(24-19-15)13-10-20(11-13)16(21)9-12-4-3-5-14(8-12)23-2/h3-5,8,13H,6-7,9-11H2,1-2H3. The fraction of sp³-hybridized carbons (Fsp3) is 0.471. The number of benzene rings is 1. The lowest BCUT2D eigenvalue weighted by Gasteiger charge is -2.37. The van der Waals surface area contributed by atoms with Crippen molar-refractivity contribution >= 4 is 5.91 Å². The minimum atomic E-state index is 0.0959. The summed E-state index contributed by atoms with van der Waals surface area (Å²) >= 11 is 0. The molecule has 0 atom stereocenters. The number of aromatic nitrogens is 2. The minimum absolute atomic E-state index is 0.0959. The Hall–Kier alpha value is -2.41. The molecule has 0 radical (unpaired) electrons. The number of hydrogen-bond acceptors (Lipinski definition) is 6. The maximum Gasteiger partial charge on any atom is 0.233 e. The molecule has 1 aliphatic rings. The molecule has 3 rings (SSSR count). The SMILES string of the molecule is COCCc1noc(C2CN(C(=O)Cc3cccc(OC)c3)C2)n1. The zero-order chi connectivity index (χ0) is 16.9. The smallest absolute Gasteiger partial charge is 0.233 e. The highest BCUT2D eigenvalue weighted by atomic mass is 16.5. The third-order valence-corrected chi connectivity index (χ3v) is 4.09. The zero-order valence-corrected chi connectivity index (χ0v) is 13.9. The second-order valence-corrected chi connectivity index (χ2v) is 5.82. The number of rotatable bonds is 7. The Kier molecular flexibility index (Phi) is 5.10. The van der Waals surface area contributed by atoms with Crippen LogP contribution in [0.25, 0.3) is 0 Å². The van der Waals surface area contributed by atoms with Gasteiger partial charge in [-0.3, -0.25) is 4.79 Å². The van der Waals surface area contributed by atoms with E-state index in [1.54, 1.807) is 14.2 Å². The van der Waals surface area contributed by atoms with Gasteiger partial charge < -0.3 is 18.9 Å². The Bertz CT molecular complexity index is 695. The number of amides is 1. The molecular weight excluding hydrogens is 310 g/mol. The third kappa shape index (κ3) is 3.73. The van der Waals surface area contributed by atoms with Crippen LogP contribution in [0.1, 0.15) is 23.2 Å². The van der Waals surface area contributed by atoms with Crippen LogP contribution in [-0.2, 0) is 22.4 Å². The molecule has 24 heavy (non-hydrogen) atoms.